The van der Waals surface area contributed by atoms with Crippen molar-refractivity contribution in [2.45, 2.75) is 32.7 Å². The van der Waals surface area contributed by atoms with Crippen LogP contribution in [0.5, 0.6) is 0 Å². The number of benzene rings is 1. The highest BCUT2D eigenvalue weighted by Crippen LogP contribution is 2.17. The molecule has 2 atom stereocenters. The van der Waals surface area contributed by atoms with Crippen molar-refractivity contribution in [2.75, 3.05) is 37.6 Å². The number of nitrogens with zero attached hydrogens (tertiary/aromatic N) is 2. The van der Waals surface area contributed by atoms with Crippen molar-refractivity contribution in [2.24, 2.45) is 5.92 Å². The summed E-state index contributed by atoms with van der Waals surface area (Å²) in [6, 6.07) is 5.75. The van der Waals surface area contributed by atoms with Crippen LogP contribution in [0.2, 0.25) is 0 Å². The summed E-state index contributed by atoms with van der Waals surface area (Å²) in [6.07, 6.45) is 1.06. The van der Waals surface area contributed by atoms with E-state index in [0.717, 1.165) is 12.1 Å². The van der Waals surface area contributed by atoms with Gasteiger partial charge in [0.2, 0.25) is 5.91 Å². The molecule has 2 rings (SSSR count). The summed E-state index contributed by atoms with van der Waals surface area (Å²) in [6.45, 7) is 6.84. The van der Waals surface area contributed by atoms with Crippen molar-refractivity contribution < 1.29 is 19.1 Å². The van der Waals surface area contributed by atoms with E-state index in [1.807, 2.05) is 13.8 Å². The summed E-state index contributed by atoms with van der Waals surface area (Å²) < 4.78 is 13.0. The van der Waals surface area contributed by atoms with Gasteiger partial charge in [0.05, 0.1) is 0 Å². The van der Waals surface area contributed by atoms with Gasteiger partial charge < -0.3 is 20.2 Å². The molecule has 1 amide bonds. The van der Waals surface area contributed by atoms with Gasteiger partial charge in [-0.15, -0.1) is 0 Å². The van der Waals surface area contributed by atoms with Crippen LogP contribution in [0.15, 0.2) is 24.3 Å². The van der Waals surface area contributed by atoms with Crippen LogP contribution in [-0.2, 0) is 9.59 Å². The number of carbonyl (C=O) groups is 2. The van der Waals surface area contributed by atoms with Crippen molar-refractivity contribution in [3.8, 4) is 0 Å². The van der Waals surface area contributed by atoms with Gasteiger partial charge >= 0.3 is 5.97 Å². The minimum absolute atomic E-state index is 0.0156. The van der Waals surface area contributed by atoms with Crippen molar-refractivity contribution in [3.63, 3.8) is 0 Å². The van der Waals surface area contributed by atoms with E-state index in [4.69, 9.17) is 0 Å². The molecule has 1 heterocycles. The minimum atomic E-state index is -0.875. The van der Waals surface area contributed by atoms with Gasteiger partial charge in [0.15, 0.2) is 0 Å². The number of carbonyl (C=O) groups excluding carboxylic acids is 1. The lowest BCUT2D eigenvalue weighted by molar-refractivity contribution is -0.141. The largest absolute Gasteiger partial charge is 0.480 e. The molecule has 0 aromatic heterocycles. The zero-order valence-electron chi connectivity index (χ0n) is 15.4. The molecule has 1 aromatic rings. The molecule has 0 radical (unpaired) electrons. The van der Waals surface area contributed by atoms with E-state index in [-0.39, 0.29) is 24.1 Å². The topological polar surface area (TPSA) is 72.9 Å². The molecule has 1 fully saturated rings. The van der Waals surface area contributed by atoms with Crippen LogP contribution in [0.25, 0.3) is 0 Å². The first kappa shape index (κ1) is 20.2. The fourth-order valence-electron chi connectivity index (χ4n) is 3.13. The van der Waals surface area contributed by atoms with Crippen molar-refractivity contribution in [1.82, 2.24) is 10.2 Å². The first-order valence-electron chi connectivity index (χ1n) is 9.16. The summed E-state index contributed by atoms with van der Waals surface area (Å²) in [5.74, 6) is -1.08. The molecule has 144 valence electrons. The quantitative estimate of drug-likeness (QED) is 0.737. The van der Waals surface area contributed by atoms with Gasteiger partial charge in [-0.3, -0.25) is 9.59 Å². The molecule has 26 heavy (non-hydrogen) atoms. The Balaban J connectivity index is 1.76. The summed E-state index contributed by atoms with van der Waals surface area (Å²) in [7, 11) is 0. The van der Waals surface area contributed by atoms with Crippen LogP contribution in [0, 0.1) is 11.7 Å². The van der Waals surface area contributed by atoms with Crippen LogP contribution in [0.4, 0.5) is 10.1 Å². The van der Waals surface area contributed by atoms with Crippen LogP contribution >= 0.6 is 0 Å². The second kappa shape index (κ2) is 9.52. The first-order chi connectivity index (χ1) is 12.4. The third-order valence-electron chi connectivity index (χ3n) is 5.01. The van der Waals surface area contributed by atoms with Gasteiger partial charge in [0.1, 0.15) is 11.9 Å². The Bertz CT molecular complexity index is 601. The second-order valence-electron chi connectivity index (χ2n) is 6.75. The molecule has 1 aliphatic heterocycles. The Morgan fingerprint density at radius 3 is 2.35 bits per heavy atom. The molecule has 1 aromatic carbocycles. The Labute approximate surface area is 154 Å². The zero-order chi connectivity index (χ0) is 19.1. The number of anilines is 1. The number of amides is 1. The third-order valence-corrected chi connectivity index (χ3v) is 5.01. The third kappa shape index (κ3) is 5.42. The van der Waals surface area contributed by atoms with Crippen LogP contribution in [-0.4, -0.2) is 60.6 Å². The lowest BCUT2D eigenvalue weighted by Gasteiger charge is -2.36. The Morgan fingerprint density at radius 1 is 1.19 bits per heavy atom. The van der Waals surface area contributed by atoms with Gasteiger partial charge in [-0.05, 0) is 30.2 Å². The number of carboxylic acid groups (broad SMARTS) is 1. The van der Waals surface area contributed by atoms with Crippen molar-refractivity contribution in [1.29, 1.82) is 0 Å². The van der Waals surface area contributed by atoms with Crippen LogP contribution < -0.4 is 10.2 Å². The van der Waals surface area contributed by atoms with Gasteiger partial charge in [-0.1, -0.05) is 20.3 Å². The van der Waals surface area contributed by atoms with E-state index in [1.165, 1.54) is 12.1 Å². The molecule has 0 aliphatic carbocycles. The minimum Gasteiger partial charge on any atom is -0.480 e. The average molecular weight is 365 g/mol. The van der Waals surface area contributed by atoms with Crippen molar-refractivity contribution >= 4 is 17.6 Å². The van der Waals surface area contributed by atoms with Crippen LogP contribution in [0.1, 0.15) is 26.7 Å². The van der Waals surface area contributed by atoms with E-state index >= 15 is 0 Å². The molecule has 0 spiro atoms. The number of aliphatic carboxylic acids is 1. The molecule has 0 saturated carbocycles. The van der Waals surface area contributed by atoms with Gasteiger partial charge in [0, 0.05) is 44.8 Å². The van der Waals surface area contributed by atoms with Gasteiger partial charge in [-0.2, -0.15) is 0 Å². The number of halogens is 1. The lowest BCUT2D eigenvalue weighted by Crippen LogP contribution is -2.49. The highest BCUT2D eigenvalue weighted by atomic mass is 19.1. The predicted octanol–water partition coefficient (Wildman–Crippen LogP) is 1.95. The molecule has 2 N–H and O–H groups in total. The SMILES string of the molecule is CC[C@H](C)[C@H](NCCC(=O)N1CCN(c2ccc(F)cc2)CC1)C(=O)O. The lowest BCUT2D eigenvalue weighted by atomic mass is 9.99. The van der Waals surface area contributed by atoms with Gasteiger partial charge in [0.25, 0.3) is 0 Å². The van der Waals surface area contributed by atoms with E-state index < -0.39 is 12.0 Å². The van der Waals surface area contributed by atoms with E-state index in [0.29, 0.717) is 32.7 Å². The maximum Gasteiger partial charge on any atom is 0.320 e. The number of hydrogen-bond donors (Lipinski definition) is 2. The molecular weight excluding hydrogens is 337 g/mol. The summed E-state index contributed by atoms with van der Waals surface area (Å²) in [5.41, 5.74) is 0.956. The van der Waals surface area contributed by atoms with Gasteiger partial charge in [-0.25, -0.2) is 4.39 Å². The summed E-state index contributed by atoms with van der Waals surface area (Å²) in [4.78, 5) is 27.6. The number of hydrogen-bond acceptors (Lipinski definition) is 4. The average Bonchev–Trinajstić information content (AvgIpc) is 2.65. The standard InChI is InChI=1S/C19H28FN3O3/c1-3-14(2)18(19(25)26)21-9-8-17(24)23-12-10-22(11-13-23)16-6-4-15(20)5-7-16/h4-7,14,18,21H,3,8-13H2,1-2H3,(H,25,26)/t14-,18-/m0/s1. The highest BCUT2D eigenvalue weighted by molar-refractivity contribution is 5.77. The predicted molar refractivity (Wildman–Crippen MR) is 98.7 cm³/mol. The van der Waals surface area contributed by atoms with E-state index in [2.05, 4.69) is 10.2 Å². The molecule has 0 bridgehead atoms. The summed E-state index contributed by atoms with van der Waals surface area (Å²) >= 11 is 0. The molecule has 7 heteroatoms. The monoisotopic (exact) mass is 365 g/mol. The number of rotatable bonds is 8. The number of piperazine rings is 1. The molecule has 0 unspecified atom stereocenters. The fraction of sp³-hybridized carbons (Fsp3) is 0.579. The summed E-state index contributed by atoms with van der Waals surface area (Å²) in [5, 5.41) is 12.2. The van der Waals surface area contributed by atoms with E-state index in [1.54, 1.807) is 17.0 Å². The Morgan fingerprint density at radius 2 is 1.81 bits per heavy atom. The second-order valence-corrected chi connectivity index (χ2v) is 6.75. The highest BCUT2D eigenvalue weighted by Gasteiger charge is 2.24. The smallest absolute Gasteiger partial charge is 0.320 e. The molecule has 6 nitrogen and oxygen atoms in total. The Kier molecular flexibility index (Phi) is 7.38. The number of nitrogens with one attached hydrogen (secondary N) is 1. The molecular formula is C19H28FN3O3. The number of carboxylic acids is 1. The zero-order valence-corrected chi connectivity index (χ0v) is 15.4. The van der Waals surface area contributed by atoms with E-state index in [9.17, 15) is 19.1 Å². The first-order valence-corrected chi connectivity index (χ1v) is 9.16. The maximum absolute atomic E-state index is 13.0. The van der Waals surface area contributed by atoms with Crippen molar-refractivity contribution in [3.05, 3.63) is 30.1 Å². The fourth-order valence-corrected chi connectivity index (χ4v) is 3.13. The molecule has 1 saturated heterocycles. The Hall–Kier alpha value is -2.15. The maximum atomic E-state index is 13.0. The van der Waals surface area contributed by atoms with Crippen LogP contribution in [0.3, 0.4) is 0 Å². The molecule has 1 aliphatic rings. The normalized spacial score (nSPS) is 17.0.